The molecule has 0 fully saturated rings. The number of esters is 1. The fourth-order valence-corrected chi connectivity index (χ4v) is 1.53. The number of alkyl carbamates (subject to hydrolysis) is 1. The van der Waals surface area contributed by atoms with Crippen molar-refractivity contribution in [3.8, 4) is 0 Å². The summed E-state index contributed by atoms with van der Waals surface area (Å²) < 4.78 is 14.8. The van der Waals surface area contributed by atoms with Crippen molar-refractivity contribution >= 4 is 12.1 Å². The van der Waals surface area contributed by atoms with E-state index in [1.807, 2.05) is 0 Å². The van der Waals surface area contributed by atoms with Crippen molar-refractivity contribution in [3.63, 3.8) is 0 Å². The van der Waals surface area contributed by atoms with Crippen molar-refractivity contribution in [1.29, 1.82) is 0 Å². The van der Waals surface area contributed by atoms with Gasteiger partial charge in [-0.15, -0.1) is 6.58 Å². The lowest BCUT2D eigenvalue weighted by Crippen LogP contribution is -2.58. The fraction of sp³-hybridized carbons (Fsp3) is 0.692. The minimum atomic E-state index is -1.33. The van der Waals surface area contributed by atoms with E-state index in [0.29, 0.717) is 0 Å². The molecule has 0 heterocycles. The molecule has 0 saturated heterocycles. The molecular weight excluding hydrogens is 250 g/mol. The molecular formula is C13H23NO5. The van der Waals surface area contributed by atoms with Crippen LogP contribution in [-0.2, 0) is 19.0 Å². The third kappa shape index (κ3) is 5.74. The zero-order chi connectivity index (χ0) is 15.1. The standard InChI is InChI=1S/C13H23NO5/c1-7-8-13(9-17-5,10(15)18-6)14-11(16)19-12(2,3)4/h7H,1,8-9H2,2-6H3,(H,14,16). The molecule has 1 N–H and O–H groups in total. The van der Waals surface area contributed by atoms with Gasteiger partial charge in [0.15, 0.2) is 5.54 Å². The second-order valence-corrected chi connectivity index (χ2v) is 5.13. The van der Waals surface area contributed by atoms with Gasteiger partial charge in [0.05, 0.1) is 13.7 Å². The van der Waals surface area contributed by atoms with Crippen molar-refractivity contribution in [2.24, 2.45) is 0 Å². The highest BCUT2D eigenvalue weighted by Crippen LogP contribution is 2.16. The first-order valence-electron chi connectivity index (χ1n) is 5.90. The Labute approximate surface area is 114 Å². The maximum atomic E-state index is 11.9. The maximum absolute atomic E-state index is 11.9. The summed E-state index contributed by atoms with van der Waals surface area (Å²) in [5.41, 5.74) is -1.99. The number of hydrogen-bond donors (Lipinski definition) is 1. The molecule has 1 unspecified atom stereocenters. The lowest BCUT2D eigenvalue weighted by molar-refractivity contribution is -0.150. The van der Waals surface area contributed by atoms with E-state index in [1.54, 1.807) is 20.8 Å². The Bertz CT molecular complexity index is 334. The van der Waals surface area contributed by atoms with Crippen LogP contribution < -0.4 is 5.32 Å². The zero-order valence-corrected chi connectivity index (χ0v) is 12.2. The first kappa shape index (κ1) is 17.4. The number of amides is 1. The van der Waals surface area contributed by atoms with Crippen LogP contribution in [0.15, 0.2) is 12.7 Å². The highest BCUT2D eigenvalue weighted by Gasteiger charge is 2.41. The number of ether oxygens (including phenoxy) is 3. The molecule has 0 aromatic rings. The Hall–Kier alpha value is -1.56. The maximum Gasteiger partial charge on any atom is 0.408 e. The largest absolute Gasteiger partial charge is 0.467 e. The van der Waals surface area contributed by atoms with E-state index in [2.05, 4.69) is 11.9 Å². The number of hydrogen-bond acceptors (Lipinski definition) is 5. The molecule has 19 heavy (non-hydrogen) atoms. The summed E-state index contributed by atoms with van der Waals surface area (Å²) in [5.74, 6) is -0.611. The van der Waals surface area contributed by atoms with Gasteiger partial charge in [0, 0.05) is 13.5 Å². The van der Waals surface area contributed by atoms with Crippen molar-refractivity contribution in [1.82, 2.24) is 5.32 Å². The van der Waals surface area contributed by atoms with Crippen LogP contribution in [0.4, 0.5) is 4.79 Å². The minimum absolute atomic E-state index is 0.0368. The van der Waals surface area contributed by atoms with Crippen LogP contribution in [-0.4, -0.2) is 44.0 Å². The molecule has 0 aliphatic carbocycles. The molecule has 110 valence electrons. The highest BCUT2D eigenvalue weighted by atomic mass is 16.6. The quantitative estimate of drug-likeness (QED) is 0.588. The van der Waals surface area contributed by atoms with Gasteiger partial charge in [-0.1, -0.05) is 6.08 Å². The Morgan fingerprint density at radius 1 is 1.26 bits per heavy atom. The number of rotatable bonds is 6. The Morgan fingerprint density at radius 3 is 2.21 bits per heavy atom. The molecule has 0 radical (unpaired) electrons. The Balaban J connectivity index is 5.07. The predicted molar refractivity (Wildman–Crippen MR) is 70.8 cm³/mol. The molecule has 0 rings (SSSR count). The molecule has 0 aliphatic heterocycles. The van der Waals surface area contributed by atoms with Crippen LogP contribution >= 0.6 is 0 Å². The van der Waals surface area contributed by atoms with Crippen LogP contribution in [0.3, 0.4) is 0 Å². The van der Waals surface area contributed by atoms with E-state index in [9.17, 15) is 9.59 Å². The predicted octanol–water partition coefficient (Wildman–Crippen LogP) is 1.65. The lowest BCUT2D eigenvalue weighted by atomic mass is 9.96. The van der Waals surface area contributed by atoms with Crippen molar-refractivity contribution in [3.05, 3.63) is 12.7 Å². The lowest BCUT2D eigenvalue weighted by Gasteiger charge is -2.31. The molecule has 6 heteroatoms. The summed E-state index contributed by atoms with van der Waals surface area (Å²) in [4.78, 5) is 23.7. The van der Waals surface area contributed by atoms with Crippen molar-refractivity contribution in [2.45, 2.75) is 38.3 Å². The van der Waals surface area contributed by atoms with Crippen molar-refractivity contribution in [2.75, 3.05) is 20.8 Å². The third-order valence-electron chi connectivity index (χ3n) is 2.20. The second kappa shape index (κ2) is 7.13. The molecule has 0 spiro atoms. The molecule has 0 aliphatic rings. The van der Waals surface area contributed by atoms with Gasteiger partial charge >= 0.3 is 12.1 Å². The monoisotopic (exact) mass is 273 g/mol. The number of carbonyl (C=O) groups excluding carboxylic acids is 2. The van der Waals surface area contributed by atoms with Crippen LogP contribution in [0.2, 0.25) is 0 Å². The SMILES string of the molecule is C=CCC(COC)(NC(=O)OC(C)(C)C)C(=O)OC. The summed E-state index contributed by atoms with van der Waals surface area (Å²) >= 11 is 0. The van der Waals surface area contributed by atoms with Gasteiger partial charge in [0.25, 0.3) is 0 Å². The van der Waals surface area contributed by atoms with Crippen LogP contribution in [0, 0.1) is 0 Å². The zero-order valence-electron chi connectivity index (χ0n) is 12.2. The minimum Gasteiger partial charge on any atom is -0.467 e. The average Bonchev–Trinajstić information content (AvgIpc) is 2.25. The van der Waals surface area contributed by atoms with E-state index < -0.39 is 23.2 Å². The van der Waals surface area contributed by atoms with Crippen LogP contribution in [0.1, 0.15) is 27.2 Å². The van der Waals surface area contributed by atoms with Gasteiger partial charge in [-0.2, -0.15) is 0 Å². The van der Waals surface area contributed by atoms with Gasteiger partial charge in [-0.3, -0.25) is 0 Å². The van der Waals surface area contributed by atoms with E-state index in [-0.39, 0.29) is 13.0 Å². The molecule has 1 amide bonds. The number of carbonyl (C=O) groups is 2. The van der Waals surface area contributed by atoms with E-state index in [1.165, 1.54) is 20.3 Å². The third-order valence-corrected chi connectivity index (χ3v) is 2.20. The molecule has 0 bridgehead atoms. The first-order valence-corrected chi connectivity index (χ1v) is 5.90. The van der Waals surface area contributed by atoms with E-state index in [4.69, 9.17) is 14.2 Å². The molecule has 0 aromatic carbocycles. The Kier molecular flexibility index (Phi) is 6.55. The summed E-state index contributed by atoms with van der Waals surface area (Å²) in [6.07, 6.45) is 0.969. The summed E-state index contributed by atoms with van der Waals surface area (Å²) in [7, 11) is 2.67. The molecule has 6 nitrogen and oxygen atoms in total. The highest BCUT2D eigenvalue weighted by molar-refractivity contribution is 5.86. The van der Waals surface area contributed by atoms with E-state index in [0.717, 1.165) is 0 Å². The summed E-state index contributed by atoms with van der Waals surface area (Å²) in [5, 5.41) is 2.51. The van der Waals surface area contributed by atoms with E-state index >= 15 is 0 Å². The second-order valence-electron chi connectivity index (χ2n) is 5.13. The summed E-state index contributed by atoms with van der Waals surface area (Å²) in [6.45, 7) is 8.73. The normalized spacial score (nSPS) is 14.2. The molecule has 0 aromatic heterocycles. The van der Waals surface area contributed by atoms with Gasteiger partial charge in [0.1, 0.15) is 5.60 Å². The molecule has 0 saturated carbocycles. The Morgan fingerprint density at radius 2 is 1.84 bits per heavy atom. The van der Waals surface area contributed by atoms with Gasteiger partial charge in [0.2, 0.25) is 0 Å². The number of nitrogens with one attached hydrogen (secondary N) is 1. The van der Waals surface area contributed by atoms with Crippen LogP contribution in [0.5, 0.6) is 0 Å². The first-order chi connectivity index (χ1) is 8.70. The molecule has 1 atom stereocenters. The van der Waals surface area contributed by atoms with Crippen LogP contribution in [0.25, 0.3) is 0 Å². The van der Waals surface area contributed by atoms with Crippen molar-refractivity contribution < 1.29 is 23.8 Å². The van der Waals surface area contributed by atoms with Gasteiger partial charge < -0.3 is 19.5 Å². The average molecular weight is 273 g/mol. The number of methoxy groups -OCH3 is 2. The summed E-state index contributed by atoms with van der Waals surface area (Å²) in [6, 6.07) is 0. The fourth-order valence-electron chi connectivity index (χ4n) is 1.53. The smallest absolute Gasteiger partial charge is 0.408 e. The van der Waals surface area contributed by atoms with Gasteiger partial charge in [-0.25, -0.2) is 9.59 Å². The van der Waals surface area contributed by atoms with Gasteiger partial charge in [-0.05, 0) is 20.8 Å². The topological polar surface area (TPSA) is 73.9 Å².